The normalized spacial score (nSPS) is 12.9. The zero-order chi connectivity index (χ0) is 17.0. The minimum absolute atomic E-state index is 0.189. The summed E-state index contributed by atoms with van der Waals surface area (Å²) in [4.78, 5) is 23.2. The minimum atomic E-state index is -4.83. The molecule has 0 aromatic carbocycles. The summed E-state index contributed by atoms with van der Waals surface area (Å²) < 4.78 is 43.3. The summed E-state index contributed by atoms with van der Waals surface area (Å²) in [5.74, 6) is -0.725. The van der Waals surface area contributed by atoms with Crippen molar-refractivity contribution in [2.45, 2.75) is 39.0 Å². The Morgan fingerprint density at radius 2 is 1.95 bits per heavy atom. The lowest BCUT2D eigenvalue weighted by molar-refractivity contribution is -0.0606. The van der Waals surface area contributed by atoms with E-state index in [4.69, 9.17) is 4.74 Å². The van der Waals surface area contributed by atoms with Crippen molar-refractivity contribution in [1.82, 2.24) is 5.43 Å². The number of nitrogens with one attached hydrogen (secondary N) is 1. The molecular formula is C13H15F3N2O3S. The van der Waals surface area contributed by atoms with Crippen molar-refractivity contribution in [3.05, 3.63) is 22.4 Å². The molecule has 1 amide bonds. The van der Waals surface area contributed by atoms with Gasteiger partial charge in [0.2, 0.25) is 0 Å². The molecule has 1 N–H and O–H groups in total. The molecule has 0 spiro atoms. The monoisotopic (exact) mass is 336 g/mol. The molecule has 9 heteroatoms. The number of Topliss-reactive ketones (excluding diaryl/α,β-unsaturated/α-hetero) is 1. The van der Waals surface area contributed by atoms with Crippen LogP contribution < -0.4 is 5.43 Å². The van der Waals surface area contributed by atoms with Crippen LogP contribution in [0.4, 0.5) is 18.0 Å². The molecular weight excluding hydrogens is 321 g/mol. The second-order valence-corrected chi connectivity index (χ2v) is 6.19. The topological polar surface area (TPSA) is 67.8 Å². The van der Waals surface area contributed by atoms with Crippen LogP contribution in [-0.2, 0) is 4.74 Å². The molecule has 22 heavy (non-hydrogen) atoms. The lowest BCUT2D eigenvalue weighted by atomic mass is 10.1. The summed E-state index contributed by atoms with van der Waals surface area (Å²) in [5, 5.41) is 4.56. The maximum atomic E-state index is 12.8. The Morgan fingerprint density at radius 1 is 1.32 bits per heavy atom. The van der Waals surface area contributed by atoms with Crippen molar-refractivity contribution < 1.29 is 27.5 Å². The maximum Gasteiger partial charge on any atom is 0.431 e. The number of halogens is 3. The number of thiophene rings is 1. The van der Waals surface area contributed by atoms with Gasteiger partial charge in [0.25, 0.3) is 0 Å². The third kappa shape index (κ3) is 6.25. The fourth-order valence-corrected chi connectivity index (χ4v) is 1.96. The molecule has 1 heterocycles. The third-order valence-corrected chi connectivity index (χ3v) is 3.04. The molecule has 0 saturated carbocycles. The van der Waals surface area contributed by atoms with Crippen LogP contribution in [0.1, 0.15) is 36.9 Å². The summed E-state index contributed by atoms with van der Waals surface area (Å²) in [6.07, 6.45) is -6.92. The molecule has 0 saturated heterocycles. The largest absolute Gasteiger partial charge is 0.443 e. The Kier molecular flexibility index (Phi) is 5.70. The van der Waals surface area contributed by atoms with Gasteiger partial charge < -0.3 is 4.74 Å². The minimum Gasteiger partial charge on any atom is -0.443 e. The van der Waals surface area contributed by atoms with Crippen LogP contribution in [0.25, 0.3) is 0 Å². The summed E-state index contributed by atoms with van der Waals surface area (Å²) >= 11 is 1.03. The molecule has 1 aromatic rings. The van der Waals surface area contributed by atoms with E-state index in [1.807, 2.05) is 0 Å². The molecule has 5 nitrogen and oxygen atoms in total. The predicted molar refractivity (Wildman–Crippen MR) is 76.1 cm³/mol. The molecule has 0 aliphatic heterocycles. The Balaban J connectivity index is 2.79. The predicted octanol–water partition coefficient (Wildman–Crippen LogP) is 3.76. The van der Waals surface area contributed by atoms with Gasteiger partial charge in [0.1, 0.15) is 11.3 Å². The molecule has 0 radical (unpaired) electrons. The van der Waals surface area contributed by atoms with E-state index in [0.29, 0.717) is 0 Å². The molecule has 0 bridgehead atoms. The Hall–Kier alpha value is -1.90. The fourth-order valence-electron chi connectivity index (χ4n) is 1.29. The lowest BCUT2D eigenvalue weighted by Crippen LogP contribution is -2.33. The number of alkyl halides is 3. The highest BCUT2D eigenvalue weighted by Crippen LogP contribution is 2.22. The second-order valence-electron chi connectivity index (χ2n) is 5.25. The van der Waals surface area contributed by atoms with Gasteiger partial charge in [-0.2, -0.15) is 18.3 Å². The van der Waals surface area contributed by atoms with Crippen LogP contribution in [0.3, 0.4) is 0 Å². The Labute approximate surface area is 129 Å². The number of carbonyl (C=O) groups excluding carboxylic acids is 2. The van der Waals surface area contributed by atoms with Gasteiger partial charge in [-0.3, -0.25) is 4.79 Å². The summed E-state index contributed by atoms with van der Waals surface area (Å²) in [5.41, 5.74) is -0.608. The average molecular weight is 336 g/mol. The van der Waals surface area contributed by atoms with Gasteiger partial charge in [0, 0.05) is 0 Å². The number of nitrogens with zero attached hydrogens (tertiary/aromatic N) is 1. The van der Waals surface area contributed by atoms with Crippen LogP contribution in [0, 0.1) is 0 Å². The Bertz CT molecular complexity index is 560. The first-order valence-corrected chi connectivity index (χ1v) is 7.06. The quantitative estimate of drug-likeness (QED) is 0.517. The third-order valence-electron chi connectivity index (χ3n) is 2.13. The van der Waals surface area contributed by atoms with Gasteiger partial charge in [0.15, 0.2) is 5.78 Å². The zero-order valence-electron chi connectivity index (χ0n) is 12.2. The van der Waals surface area contributed by atoms with Gasteiger partial charge in [-0.1, -0.05) is 6.07 Å². The highest BCUT2D eigenvalue weighted by molar-refractivity contribution is 7.12. The molecule has 122 valence electrons. The molecule has 0 fully saturated rings. The van der Waals surface area contributed by atoms with E-state index in [9.17, 15) is 22.8 Å². The number of amides is 1. The molecule has 1 aromatic heterocycles. The van der Waals surface area contributed by atoms with E-state index in [1.54, 1.807) is 37.6 Å². The van der Waals surface area contributed by atoms with Gasteiger partial charge in [0.05, 0.1) is 11.3 Å². The van der Waals surface area contributed by atoms with E-state index < -0.39 is 35.8 Å². The first-order valence-electron chi connectivity index (χ1n) is 6.18. The van der Waals surface area contributed by atoms with Crippen molar-refractivity contribution in [3.63, 3.8) is 0 Å². The van der Waals surface area contributed by atoms with E-state index in [1.165, 1.54) is 6.07 Å². The fraction of sp³-hybridized carbons (Fsp3) is 0.462. The number of ether oxygens (including phenoxy) is 1. The second kappa shape index (κ2) is 6.91. The smallest absolute Gasteiger partial charge is 0.431 e. The van der Waals surface area contributed by atoms with Crippen molar-refractivity contribution in [1.29, 1.82) is 0 Å². The first kappa shape index (κ1) is 18.1. The molecule has 0 unspecified atom stereocenters. The van der Waals surface area contributed by atoms with E-state index in [-0.39, 0.29) is 4.88 Å². The number of rotatable bonds is 4. The summed E-state index contributed by atoms with van der Waals surface area (Å²) in [6.45, 7) is 4.67. The highest BCUT2D eigenvalue weighted by atomic mass is 32.1. The lowest BCUT2D eigenvalue weighted by Gasteiger charge is -2.18. The molecule has 0 aliphatic rings. The van der Waals surface area contributed by atoms with Crippen molar-refractivity contribution in [2.24, 2.45) is 5.10 Å². The van der Waals surface area contributed by atoms with Gasteiger partial charge in [-0.25, -0.2) is 10.2 Å². The van der Waals surface area contributed by atoms with E-state index >= 15 is 0 Å². The van der Waals surface area contributed by atoms with Crippen molar-refractivity contribution >= 4 is 28.9 Å². The van der Waals surface area contributed by atoms with Gasteiger partial charge >= 0.3 is 12.3 Å². The van der Waals surface area contributed by atoms with Crippen LogP contribution in [-0.4, -0.2) is 29.4 Å². The Morgan fingerprint density at radius 3 is 2.41 bits per heavy atom. The highest BCUT2D eigenvalue weighted by Gasteiger charge is 2.37. The van der Waals surface area contributed by atoms with Crippen LogP contribution in [0.2, 0.25) is 0 Å². The van der Waals surface area contributed by atoms with Crippen LogP contribution in [0.15, 0.2) is 22.6 Å². The van der Waals surface area contributed by atoms with E-state index in [0.717, 1.165) is 11.3 Å². The summed E-state index contributed by atoms with van der Waals surface area (Å²) in [7, 11) is 0. The van der Waals surface area contributed by atoms with Crippen LogP contribution >= 0.6 is 11.3 Å². The standard InChI is InChI=1S/C13H15F3N2O3S/c1-12(2,3)21-11(20)18-17-10(13(14,15)16)7-8(19)9-5-4-6-22-9/h4-6H,7H2,1-3H3,(H,18,20)/b17-10+. The molecule has 1 rings (SSSR count). The first-order chi connectivity index (χ1) is 9.99. The zero-order valence-corrected chi connectivity index (χ0v) is 13.0. The maximum absolute atomic E-state index is 12.8. The van der Waals surface area contributed by atoms with Crippen molar-refractivity contribution in [2.75, 3.05) is 0 Å². The number of carbonyl (C=O) groups is 2. The number of ketones is 1. The average Bonchev–Trinajstić information content (AvgIpc) is 2.84. The molecule has 0 atom stereocenters. The van der Waals surface area contributed by atoms with Crippen molar-refractivity contribution in [3.8, 4) is 0 Å². The number of hydrogen-bond donors (Lipinski definition) is 1. The molecule has 0 aliphatic carbocycles. The SMILES string of the molecule is CC(C)(C)OC(=O)N/N=C(\CC(=O)c1cccs1)C(F)(F)F. The van der Waals surface area contributed by atoms with E-state index in [2.05, 4.69) is 5.10 Å². The number of hydrazone groups is 1. The number of hydrogen-bond acceptors (Lipinski definition) is 5. The van der Waals surface area contributed by atoms with Gasteiger partial charge in [-0.05, 0) is 32.2 Å². The summed E-state index contributed by atoms with van der Waals surface area (Å²) in [6, 6.07) is 2.98. The van der Waals surface area contributed by atoms with Crippen LogP contribution in [0.5, 0.6) is 0 Å². The van der Waals surface area contributed by atoms with Gasteiger partial charge in [-0.15, -0.1) is 11.3 Å².